The molecule has 1 fully saturated rings. The first-order chi connectivity index (χ1) is 15.0. The van der Waals surface area contributed by atoms with E-state index in [0.29, 0.717) is 36.0 Å². The highest BCUT2D eigenvalue weighted by atomic mass is 32.1. The zero-order valence-electron chi connectivity index (χ0n) is 17.0. The van der Waals surface area contributed by atoms with E-state index in [1.807, 2.05) is 24.3 Å². The molecule has 2 N–H and O–H groups in total. The second kappa shape index (κ2) is 10.4. The molecule has 160 valence electrons. The first-order valence-corrected chi connectivity index (χ1v) is 9.93. The lowest BCUT2D eigenvalue weighted by molar-refractivity contribution is -0.123. The van der Waals surface area contributed by atoms with E-state index in [-0.39, 0.29) is 10.7 Å². The van der Waals surface area contributed by atoms with Crippen LogP contribution in [0.4, 0.5) is 0 Å². The van der Waals surface area contributed by atoms with Crippen molar-refractivity contribution in [3.63, 3.8) is 0 Å². The molecule has 2 amide bonds. The molecule has 0 atom stereocenters. The number of carbonyl (C=O) groups is 2. The monoisotopic (exact) mass is 438 g/mol. The van der Waals surface area contributed by atoms with Crippen LogP contribution in [0.2, 0.25) is 0 Å². The molecule has 0 spiro atoms. The Morgan fingerprint density at radius 3 is 2.29 bits per heavy atom. The molecule has 0 saturated carbocycles. The minimum atomic E-state index is -0.529. The summed E-state index contributed by atoms with van der Waals surface area (Å²) in [5.74, 6) is 0.883. The Hall–Kier alpha value is -3.65. The summed E-state index contributed by atoms with van der Waals surface area (Å²) in [6.45, 7) is 4.41. The molecule has 2 aromatic rings. The van der Waals surface area contributed by atoms with Gasteiger partial charge in [0.15, 0.2) is 16.6 Å². The minimum Gasteiger partial charge on any atom is -0.493 e. The van der Waals surface area contributed by atoms with Gasteiger partial charge < -0.3 is 14.2 Å². The summed E-state index contributed by atoms with van der Waals surface area (Å²) in [6, 6.07) is 12.8. The predicted octanol–water partition coefficient (Wildman–Crippen LogP) is 2.80. The van der Waals surface area contributed by atoms with Crippen molar-refractivity contribution < 1.29 is 23.8 Å². The number of rotatable bonds is 9. The molecule has 0 bridgehead atoms. The van der Waals surface area contributed by atoms with Crippen molar-refractivity contribution in [3.8, 4) is 17.2 Å². The molecule has 0 unspecified atom stereocenters. The lowest BCUT2D eigenvalue weighted by Crippen LogP contribution is -2.51. The summed E-state index contributed by atoms with van der Waals surface area (Å²) in [5.41, 5.74) is 1.77. The van der Waals surface area contributed by atoms with Gasteiger partial charge in [0.1, 0.15) is 24.5 Å². The fourth-order valence-corrected chi connectivity index (χ4v) is 3.05. The molecular weight excluding hydrogens is 416 g/mol. The van der Waals surface area contributed by atoms with E-state index in [4.69, 9.17) is 26.4 Å². The molecule has 7 nitrogen and oxygen atoms in total. The van der Waals surface area contributed by atoms with E-state index in [1.165, 1.54) is 6.08 Å². The number of hydrogen-bond donors (Lipinski definition) is 2. The van der Waals surface area contributed by atoms with Crippen molar-refractivity contribution in [1.29, 1.82) is 0 Å². The Morgan fingerprint density at radius 1 is 0.968 bits per heavy atom. The van der Waals surface area contributed by atoms with Crippen LogP contribution in [-0.2, 0) is 16.0 Å². The molecule has 0 aliphatic carbocycles. The highest BCUT2D eigenvalue weighted by Gasteiger charge is 2.25. The Kier molecular flexibility index (Phi) is 7.40. The van der Waals surface area contributed by atoms with Crippen LogP contribution in [0.15, 0.2) is 60.7 Å². The molecule has 31 heavy (non-hydrogen) atoms. The molecule has 1 aliphatic heterocycles. The molecule has 0 radical (unpaired) electrons. The second-order valence-corrected chi connectivity index (χ2v) is 6.95. The summed E-state index contributed by atoms with van der Waals surface area (Å²) >= 11 is 4.78. The fraction of sp³-hybridized carbons (Fsp3) is 0.174. The molecule has 1 saturated heterocycles. The van der Waals surface area contributed by atoms with Crippen LogP contribution in [0.3, 0.4) is 0 Å². The van der Waals surface area contributed by atoms with Crippen LogP contribution < -0.4 is 24.8 Å². The molecular formula is C23H22N2O5S. The number of ether oxygens (including phenoxy) is 3. The van der Waals surface area contributed by atoms with Crippen LogP contribution >= 0.6 is 12.2 Å². The zero-order chi connectivity index (χ0) is 22.2. The topological polar surface area (TPSA) is 85.9 Å². The number of hydrogen-bond acceptors (Lipinski definition) is 6. The Morgan fingerprint density at radius 2 is 1.65 bits per heavy atom. The summed E-state index contributed by atoms with van der Waals surface area (Å²) in [6.07, 6.45) is 4.08. The van der Waals surface area contributed by atoms with Crippen LogP contribution in [0, 0.1) is 0 Å². The molecule has 3 rings (SSSR count). The van der Waals surface area contributed by atoms with Gasteiger partial charge in [0.2, 0.25) is 0 Å². The van der Waals surface area contributed by atoms with E-state index < -0.39 is 11.8 Å². The summed E-state index contributed by atoms with van der Waals surface area (Å²) in [5, 5.41) is 4.80. The van der Waals surface area contributed by atoms with Crippen molar-refractivity contribution in [3.05, 3.63) is 71.8 Å². The van der Waals surface area contributed by atoms with Crippen molar-refractivity contribution in [2.24, 2.45) is 0 Å². The number of nitrogens with one attached hydrogen (secondary N) is 2. The zero-order valence-corrected chi connectivity index (χ0v) is 17.8. The summed E-state index contributed by atoms with van der Waals surface area (Å²) in [7, 11) is 1.60. The third-order valence-corrected chi connectivity index (χ3v) is 4.56. The summed E-state index contributed by atoms with van der Waals surface area (Å²) < 4.78 is 16.8. The number of benzene rings is 2. The van der Waals surface area contributed by atoms with Crippen LogP contribution in [0.5, 0.6) is 17.2 Å². The van der Waals surface area contributed by atoms with Gasteiger partial charge in [-0.2, -0.15) is 0 Å². The largest absolute Gasteiger partial charge is 0.493 e. The first kappa shape index (κ1) is 22.0. The highest BCUT2D eigenvalue weighted by molar-refractivity contribution is 7.80. The summed E-state index contributed by atoms with van der Waals surface area (Å²) in [4.78, 5) is 23.8. The van der Waals surface area contributed by atoms with Crippen LogP contribution in [-0.4, -0.2) is 37.3 Å². The smallest absolute Gasteiger partial charge is 0.263 e. The van der Waals surface area contributed by atoms with Crippen molar-refractivity contribution in [2.45, 2.75) is 6.42 Å². The number of methoxy groups -OCH3 is 1. The van der Waals surface area contributed by atoms with Gasteiger partial charge in [-0.05, 0) is 60.1 Å². The Bertz CT molecular complexity index is 1010. The lowest BCUT2D eigenvalue weighted by Gasteiger charge is -2.16. The molecule has 1 heterocycles. The first-order valence-electron chi connectivity index (χ1n) is 9.52. The predicted molar refractivity (Wildman–Crippen MR) is 121 cm³/mol. The normalized spacial score (nSPS) is 13.2. The average molecular weight is 439 g/mol. The van der Waals surface area contributed by atoms with Gasteiger partial charge in [-0.3, -0.25) is 20.2 Å². The van der Waals surface area contributed by atoms with E-state index in [1.54, 1.807) is 31.4 Å². The molecule has 1 aliphatic rings. The molecule has 2 aromatic carbocycles. The van der Waals surface area contributed by atoms with Gasteiger partial charge in [-0.1, -0.05) is 24.3 Å². The standard InChI is InChI=1S/C23H22N2O5S/c1-3-4-15-7-10-19(20(14-15)28-2)30-12-11-29-17-8-5-16(6-9-17)13-18-21(26)24-23(31)25-22(18)27/h3,5-10,13-14H,1,4,11-12H2,2H3,(H2,24,25,26,27,31). The number of amides is 2. The highest BCUT2D eigenvalue weighted by Crippen LogP contribution is 2.28. The van der Waals surface area contributed by atoms with Gasteiger partial charge in [0.25, 0.3) is 11.8 Å². The van der Waals surface area contributed by atoms with Gasteiger partial charge in [-0.25, -0.2) is 0 Å². The van der Waals surface area contributed by atoms with Crippen LogP contribution in [0.25, 0.3) is 6.08 Å². The maximum absolute atomic E-state index is 11.9. The number of allylic oxidation sites excluding steroid dienone is 1. The lowest BCUT2D eigenvalue weighted by atomic mass is 10.1. The average Bonchev–Trinajstić information content (AvgIpc) is 2.75. The quantitative estimate of drug-likeness (QED) is 0.206. The van der Waals surface area contributed by atoms with E-state index in [9.17, 15) is 9.59 Å². The van der Waals surface area contributed by atoms with E-state index in [0.717, 1.165) is 12.0 Å². The van der Waals surface area contributed by atoms with Gasteiger partial charge in [0, 0.05) is 0 Å². The third kappa shape index (κ3) is 5.93. The van der Waals surface area contributed by atoms with E-state index in [2.05, 4.69) is 17.2 Å². The molecule has 0 aromatic heterocycles. The number of carbonyl (C=O) groups excluding carboxylic acids is 2. The van der Waals surface area contributed by atoms with Gasteiger partial charge in [-0.15, -0.1) is 6.58 Å². The minimum absolute atomic E-state index is 0.00319. The van der Waals surface area contributed by atoms with E-state index >= 15 is 0 Å². The second-order valence-electron chi connectivity index (χ2n) is 6.54. The van der Waals surface area contributed by atoms with Gasteiger partial charge >= 0.3 is 0 Å². The maximum atomic E-state index is 11.9. The van der Waals surface area contributed by atoms with Crippen molar-refractivity contribution in [2.75, 3.05) is 20.3 Å². The van der Waals surface area contributed by atoms with Crippen LogP contribution in [0.1, 0.15) is 11.1 Å². The maximum Gasteiger partial charge on any atom is 0.263 e. The Balaban J connectivity index is 1.53. The number of thiocarbonyl (C=S) groups is 1. The third-order valence-electron chi connectivity index (χ3n) is 4.35. The van der Waals surface area contributed by atoms with Crippen molar-refractivity contribution in [1.82, 2.24) is 10.6 Å². The SMILES string of the molecule is C=CCc1ccc(OCCOc2ccc(C=C3C(=O)NC(=S)NC3=O)cc2)c(OC)c1. The van der Waals surface area contributed by atoms with Gasteiger partial charge in [0.05, 0.1) is 7.11 Å². The van der Waals surface area contributed by atoms with Crippen molar-refractivity contribution >= 4 is 35.2 Å². The Labute approximate surface area is 185 Å². The molecule has 8 heteroatoms. The fourth-order valence-electron chi connectivity index (χ4n) is 2.87.